The fourth-order valence-electron chi connectivity index (χ4n) is 4.60. The van der Waals surface area contributed by atoms with Crippen molar-refractivity contribution in [3.05, 3.63) is 60.2 Å². The third-order valence-corrected chi connectivity index (χ3v) is 9.62. The van der Waals surface area contributed by atoms with Crippen LogP contribution in [0.15, 0.2) is 59.6 Å². The van der Waals surface area contributed by atoms with Gasteiger partial charge >= 0.3 is 6.09 Å². The number of rotatable bonds is 9. The summed E-state index contributed by atoms with van der Waals surface area (Å²) in [6.45, 7) is 7.92. The summed E-state index contributed by atoms with van der Waals surface area (Å²) in [5, 5.41) is 2.84. The summed E-state index contributed by atoms with van der Waals surface area (Å²) in [5.74, 6) is 0.116. The minimum Gasteiger partial charge on any atom is -0.494 e. The molecule has 0 bridgehead atoms. The number of anilines is 1. The van der Waals surface area contributed by atoms with Crippen LogP contribution < -0.4 is 15.0 Å². The maximum absolute atomic E-state index is 13.6. The number of nitrogens with zero attached hydrogens (tertiary/aromatic N) is 2. The molecule has 11 heteroatoms. The van der Waals surface area contributed by atoms with Crippen LogP contribution in [-0.2, 0) is 25.8 Å². The molecule has 3 unspecified atom stereocenters. The highest BCUT2D eigenvalue weighted by Gasteiger charge is 2.49. The van der Waals surface area contributed by atoms with Crippen LogP contribution in [0.2, 0.25) is 0 Å². The highest BCUT2D eigenvalue weighted by atomic mass is 32.2. The van der Waals surface area contributed by atoms with Crippen molar-refractivity contribution in [3.8, 4) is 5.75 Å². The summed E-state index contributed by atoms with van der Waals surface area (Å²) >= 11 is 1.29. The van der Waals surface area contributed by atoms with Gasteiger partial charge in [-0.1, -0.05) is 61.5 Å². The second kappa shape index (κ2) is 12.6. The van der Waals surface area contributed by atoms with E-state index in [2.05, 4.69) is 17.2 Å². The van der Waals surface area contributed by atoms with Gasteiger partial charge in [0.1, 0.15) is 17.4 Å². The van der Waals surface area contributed by atoms with E-state index in [0.29, 0.717) is 23.2 Å². The number of fused-ring (bicyclic) bond motifs is 1. The van der Waals surface area contributed by atoms with Crippen molar-refractivity contribution in [1.82, 2.24) is 5.32 Å². The molecule has 2 fully saturated rings. The minimum atomic E-state index is -3.22. The second-order valence-electron chi connectivity index (χ2n) is 11.0. The quantitative estimate of drug-likeness (QED) is 0.424. The summed E-state index contributed by atoms with van der Waals surface area (Å²) < 4.78 is 36.3. The van der Waals surface area contributed by atoms with Crippen LogP contribution in [0.1, 0.15) is 46.1 Å². The van der Waals surface area contributed by atoms with E-state index in [1.807, 2.05) is 59.5 Å². The number of benzene rings is 2. The molecule has 0 aromatic heterocycles. The molecule has 0 spiro atoms. The van der Waals surface area contributed by atoms with E-state index in [4.69, 9.17) is 9.47 Å². The van der Waals surface area contributed by atoms with E-state index in [1.165, 1.54) is 11.8 Å². The first-order valence-electron chi connectivity index (χ1n) is 13.5. The molecule has 40 heavy (non-hydrogen) atoms. The van der Waals surface area contributed by atoms with Crippen LogP contribution in [0.3, 0.4) is 0 Å². The number of unbranched alkanes of at least 4 members (excludes halogenated alkanes) is 1. The van der Waals surface area contributed by atoms with Crippen LogP contribution in [0.4, 0.5) is 10.5 Å². The zero-order chi connectivity index (χ0) is 28.9. The molecule has 0 saturated carbocycles. The molecule has 2 amide bonds. The molecule has 2 saturated heterocycles. The minimum absolute atomic E-state index is 0.0162. The van der Waals surface area contributed by atoms with Crippen molar-refractivity contribution in [3.63, 3.8) is 0 Å². The van der Waals surface area contributed by atoms with E-state index < -0.39 is 33.5 Å². The van der Waals surface area contributed by atoms with E-state index in [9.17, 15) is 18.0 Å². The smallest absolute Gasteiger partial charge is 0.408 e. The van der Waals surface area contributed by atoms with Crippen LogP contribution in [0, 0.1) is 0 Å². The third-order valence-electron chi connectivity index (χ3n) is 6.41. The van der Waals surface area contributed by atoms with Gasteiger partial charge in [-0.15, -0.1) is 0 Å². The zero-order valence-corrected chi connectivity index (χ0v) is 25.0. The lowest BCUT2D eigenvalue weighted by Crippen LogP contribution is -2.45. The summed E-state index contributed by atoms with van der Waals surface area (Å²) in [7, 11) is -3.22. The SMILES string of the molecule is CCCCOc1cccc(N2C(=NC(=O)C(Cc3ccccc3)NC(=O)OC(C)(C)C)SC3CS(=O)(=O)CC32)c1. The number of alkyl carbamates (subject to hydrolysis) is 1. The van der Waals surface area contributed by atoms with Gasteiger partial charge < -0.3 is 19.7 Å². The van der Waals surface area contributed by atoms with Crippen molar-refractivity contribution in [2.45, 2.75) is 69.9 Å². The summed E-state index contributed by atoms with van der Waals surface area (Å²) in [6, 6.07) is 15.4. The van der Waals surface area contributed by atoms with Crippen LogP contribution in [-0.4, -0.2) is 66.6 Å². The second-order valence-corrected chi connectivity index (χ2v) is 14.4. The first kappa shape index (κ1) is 29.9. The van der Waals surface area contributed by atoms with Gasteiger partial charge in [-0.2, -0.15) is 4.99 Å². The number of hydrogen-bond acceptors (Lipinski definition) is 7. The van der Waals surface area contributed by atoms with Gasteiger partial charge in [0.15, 0.2) is 15.0 Å². The third kappa shape index (κ3) is 8.00. The Morgan fingerprint density at radius 2 is 1.88 bits per heavy atom. The first-order chi connectivity index (χ1) is 18.9. The molecule has 0 radical (unpaired) electrons. The van der Waals surface area contributed by atoms with Gasteiger partial charge in [0.2, 0.25) is 0 Å². The summed E-state index contributed by atoms with van der Waals surface area (Å²) in [6.07, 6.45) is 1.44. The van der Waals surface area contributed by atoms with E-state index in [1.54, 1.807) is 20.8 Å². The Bertz CT molecular complexity index is 1340. The number of hydrogen-bond donors (Lipinski definition) is 1. The number of thioether (sulfide) groups is 1. The highest BCUT2D eigenvalue weighted by Crippen LogP contribution is 2.41. The molecule has 0 aliphatic carbocycles. The van der Waals surface area contributed by atoms with Gasteiger partial charge in [-0.3, -0.25) is 4.79 Å². The molecule has 2 aliphatic heterocycles. The van der Waals surface area contributed by atoms with E-state index >= 15 is 0 Å². The molecule has 2 heterocycles. The van der Waals surface area contributed by atoms with Crippen molar-refractivity contribution < 1.29 is 27.5 Å². The van der Waals surface area contributed by atoms with Gasteiger partial charge in [0.25, 0.3) is 5.91 Å². The topological polar surface area (TPSA) is 114 Å². The van der Waals surface area contributed by atoms with Gasteiger partial charge in [0.05, 0.1) is 24.2 Å². The lowest BCUT2D eigenvalue weighted by atomic mass is 10.1. The van der Waals surface area contributed by atoms with Gasteiger partial charge in [-0.25, -0.2) is 13.2 Å². The van der Waals surface area contributed by atoms with Crippen molar-refractivity contribution >= 4 is 44.5 Å². The maximum Gasteiger partial charge on any atom is 0.408 e. The number of aliphatic imine (C=N–C) groups is 1. The monoisotopic (exact) mass is 587 g/mol. The maximum atomic E-state index is 13.6. The predicted molar refractivity (Wildman–Crippen MR) is 159 cm³/mol. The Kier molecular flexibility index (Phi) is 9.45. The molecule has 2 aromatic carbocycles. The predicted octanol–water partition coefficient (Wildman–Crippen LogP) is 4.60. The lowest BCUT2D eigenvalue weighted by Gasteiger charge is -2.26. The standard InChI is InChI=1S/C29H37N3O6S2/c1-5-6-15-37-22-14-10-13-21(17-22)32-24-18-40(35,36)19-25(24)39-27(32)31-26(33)23(16-20-11-8-7-9-12-20)30-28(34)38-29(2,3)4/h7-14,17,23-25H,5-6,15-16,18-19H2,1-4H3,(H,30,34). The Balaban J connectivity index is 1.64. The van der Waals surface area contributed by atoms with Crippen LogP contribution >= 0.6 is 11.8 Å². The number of carbonyl (C=O) groups is 2. The Hall–Kier alpha value is -3.05. The molecular weight excluding hydrogens is 550 g/mol. The van der Waals surface area contributed by atoms with Gasteiger partial charge in [0, 0.05) is 23.4 Å². The Morgan fingerprint density at radius 1 is 1.12 bits per heavy atom. The number of carbonyl (C=O) groups excluding carboxylic acids is 2. The molecular formula is C29H37N3O6S2. The Morgan fingerprint density at radius 3 is 2.58 bits per heavy atom. The number of ether oxygens (including phenoxy) is 2. The number of amidine groups is 1. The molecule has 2 aliphatic rings. The van der Waals surface area contributed by atoms with Crippen molar-refractivity contribution in [2.24, 2.45) is 4.99 Å². The molecule has 216 valence electrons. The fourth-order valence-corrected chi connectivity index (χ4v) is 8.52. The van der Waals surface area contributed by atoms with Gasteiger partial charge in [-0.05, 0) is 44.9 Å². The molecule has 9 nitrogen and oxygen atoms in total. The highest BCUT2D eigenvalue weighted by molar-refractivity contribution is 8.16. The number of nitrogens with one attached hydrogen (secondary N) is 1. The average molecular weight is 588 g/mol. The fraction of sp³-hybridized carbons (Fsp3) is 0.483. The number of amides is 2. The summed E-state index contributed by atoms with van der Waals surface area (Å²) in [5.41, 5.74) is 0.826. The van der Waals surface area contributed by atoms with Crippen LogP contribution in [0.25, 0.3) is 0 Å². The van der Waals surface area contributed by atoms with E-state index in [-0.39, 0.29) is 29.2 Å². The lowest BCUT2D eigenvalue weighted by molar-refractivity contribution is -0.119. The normalized spacial score (nSPS) is 21.6. The Labute approximate surface area is 240 Å². The number of sulfone groups is 1. The van der Waals surface area contributed by atoms with Crippen molar-refractivity contribution in [1.29, 1.82) is 0 Å². The largest absolute Gasteiger partial charge is 0.494 e. The molecule has 3 atom stereocenters. The average Bonchev–Trinajstić information content (AvgIpc) is 3.34. The first-order valence-corrected chi connectivity index (χ1v) is 16.2. The molecule has 2 aromatic rings. The van der Waals surface area contributed by atoms with E-state index in [0.717, 1.165) is 18.4 Å². The van der Waals surface area contributed by atoms with Crippen molar-refractivity contribution in [2.75, 3.05) is 23.0 Å². The van der Waals surface area contributed by atoms with Crippen LogP contribution in [0.5, 0.6) is 5.75 Å². The zero-order valence-electron chi connectivity index (χ0n) is 23.3. The summed E-state index contributed by atoms with van der Waals surface area (Å²) in [4.78, 5) is 32.6. The molecule has 4 rings (SSSR count). The molecule has 1 N–H and O–H groups in total.